The summed E-state index contributed by atoms with van der Waals surface area (Å²) in [6, 6.07) is 29.4. The Kier molecular flexibility index (Phi) is 19.5. The Balaban J connectivity index is 1.06. The van der Waals surface area contributed by atoms with Gasteiger partial charge in [0.15, 0.2) is 0 Å². The standard InChI is InChI=1S/C59H72S8/c1-7-12-16-20-24-41-36-40(6)60-56(41)50-32-28-46(62-50)48-30-34-52(64-48)58-43(26-22-18-14-9-3)38-54(66-58)55-39-44(27-23-19-15-10-4)59(67-55)53-35-31-49(65-53)47-29-33-51(63-47)57-42(25-21-17-13-8-2)37-45(11-5)61-57/h28-39H,7-27H2,1-6H3. The predicted octanol–water partition coefficient (Wildman–Crippen LogP) is 23.2. The predicted molar refractivity (Wildman–Crippen MR) is 313 cm³/mol. The van der Waals surface area contributed by atoms with E-state index in [0.29, 0.717) is 0 Å². The van der Waals surface area contributed by atoms with E-state index in [4.69, 9.17) is 0 Å². The molecular formula is C59H72S8. The molecule has 0 amide bonds. The van der Waals surface area contributed by atoms with Crippen LogP contribution in [0.25, 0.3) is 68.3 Å². The van der Waals surface area contributed by atoms with Gasteiger partial charge in [0.25, 0.3) is 0 Å². The van der Waals surface area contributed by atoms with Crippen LogP contribution in [0.2, 0.25) is 0 Å². The molecule has 356 valence electrons. The van der Waals surface area contributed by atoms with Gasteiger partial charge in [-0.1, -0.05) is 112 Å². The number of aryl methyl sites for hydroxylation is 6. The minimum atomic E-state index is 1.12. The molecule has 8 heterocycles. The highest BCUT2D eigenvalue weighted by molar-refractivity contribution is 7.31. The quantitative estimate of drug-likeness (QED) is 0.0429. The van der Waals surface area contributed by atoms with Gasteiger partial charge in [-0.25, -0.2) is 0 Å². The highest BCUT2D eigenvalue weighted by Gasteiger charge is 2.22. The minimum absolute atomic E-state index is 1.12. The molecule has 0 spiro atoms. The number of hydrogen-bond acceptors (Lipinski definition) is 8. The molecule has 0 nitrogen and oxygen atoms in total. The molecule has 8 heteroatoms. The first-order valence-corrected chi connectivity index (χ1v) is 32.3. The molecule has 0 aliphatic carbocycles. The van der Waals surface area contributed by atoms with Crippen molar-refractivity contribution >= 4 is 90.7 Å². The van der Waals surface area contributed by atoms with Crippen LogP contribution in [0.5, 0.6) is 0 Å². The van der Waals surface area contributed by atoms with Crippen molar-refractivity contribution in [3.8, 4) is 68.3 Å². The van der Waals surface area contributed by atoms with Gasteiger partial charge in [0, 0.05) is 78.0 Å². The van der Waals surface area contributed by atoms with E-state index in [9.17, 15) is 0 Å². The van der Waals surface area contributed by atoms with Crippen molar-refractivity contribution < 1.29 is 0 Å². The number of thiophene rings is 8. The first kappa shape index (κ1) is 51.0. The number of hydrogen-bond donors (Lipinski definition) is 0. The topological polar surface area (TPSA) is 0 Å². The maximum atomic E-state index is 2.59. The summed E-state index contributed by atoms with van der Waals surface area (Å²) in [5.41, 5.74) is 6.22. The Hall–Kier alpha value is -2.40. The molecule has 0 atom stereocenters. The summed E-state index contributed by atoms with van der Waals surface area (Å²) in [5.74, 6) is 0. The van der Waals surface area contributed by atoms with Crippen LogP contribution in [0.15, 0.2) is 72.8 Å². The SMILES string of the molecule is CCCCCCc1cc(C)sc1-c1ccc(-c2ccc(-c3sc(-c4cc(CCCCCC)c(-c5ccc(-c6ccc(-c7sc(CC)cc7CCCCCC)s6)s5)s4)cc3CCCCCC)s2)s1. The highest BCUT2D eigenvalue weighted by Crippen LogP contribution is 2.51. The maximum Gasteiger partial charge on any atom is 0.0481 e. The largest absolute Gasteiger partial charge is 0.139 e. The van der Waals surface area contributed by atoms with Crippen LogP contribution in [-0.4, -0.2) is 0 Å². The van der Waals surface area contributed by atoms with Crippen molar-refractivity contribution in [1.29, 1.82) is 0 Å². The fourth-order valence-corrected chi connectivity index (χ4v) is 18.7. The summed E-state index contributed by atoms with van der Waals surface area (Å²) >= 11 is 16.1. The molecule has 0 radical (unpaired) electrons. The second-order valence-corrected chi connectivity index (χ2v) is 27.3. The minimum Gasteiger partial charge on any atom is -0.139 e. The van der Waals surface area contributed by atoms with E-state index in [1.54, 1.807) is 22.3 Å². The second-order valence-electron chi connectivity index (χ2n) is 18.5. The van der Waals surface area contributed by atoms with Gasteiger partial charge >= 0.3 is 0 Å². The molecule has 0 bridgehead atoms. The van der Waals surface area contributed by atoms with Gasteiger partial charge in [0.1, 0.15) is 0 Å². The van der Waals surface area contributed by atoms with Gasteiger partial charge < -0.3 is 0 Å². The van der Waals surface area contributed by atoms with Crippen LogP contribution in [-0.2, 0) is 32.1 Å². The van der Waals surface area contributed by atoms with Gasteiger partial charge in [-0.15, -0.1) is 90.7 Å². The zero-order valence-electron chi connectivity index (χ0n) is 41.0. The molecule has 0 unspecified atom stereocenters. The molecular weight excluding hydrogens is 965 g/mol. The van der Waals surface area contributed by atoms with Gasteiger partial charge in [0.05, 0.1) is 0 Å². The Morgan fingerprint density at radius 2 is 0.597 bits per heavy atom. The third-order valence-corrected chi connectivity index (χ3v) is 23.4. The molecule has 8 aromatic heterocycles. The Labute approximate surface area is 436 Å². The van der Waals surface area contributed by atoms with Gasteiger partial charge in [-0.2, -0.15) is 0 Å². The van der Waals surface area contributed by atoms with Crippen LogP contribution in [0.4, 0.5) is 0 Å². The summed E-state index contributed by atoms with van der Waals surface area (Å²) < 4.78 is 0. The molecule has 0 aliphatic heterocycles. The van der Waals surface area contributed by atoms with Crippen LogP contribution in [0.1, 0.15) is 169 Å². The Morgan fingerprint density at radius 3 is 0.955 bits per heavy atom. The van der Waals surface area contributed by atoms with Crippen LogP contribution in [0, 0.1) is 6.92 Å². The first-order valence-electron chi connectivity index (χ1n) is 25.8. The lowest BCUT2D eigenvalue weighted by atomic mass is 10.0. The third kappa shape index (κ3) is 13.1. The zero-order valence-corrected chi connectivity index (χ0v) is 47.6. The molecule has 0 saturated heterocycles. The van der Waals surface area contributed by atoms with Gasteiger partial charge in [0.2, 0.25) is 0 Å². The summed E-state index contributed by atoms with van der Waals surface area (Å²) in [6.07, 6.45) is 26.7. The van der Waals surface area contributed by atoms with Gasteiger partial charge in [-0.3, -0.25) is 0 Å². The lowest BCUT2D eigenvalue weighted by Crippen LogP contribution is -1.85. The molecule has 8 aromatic rings. The molecule has 8 rings (SSSR count). The van der Waals surface area contributed by atoms with Crippen LogP contribution in [0.3, 0.4) is 0 Å². The molecule has 67 heavy (non-hydrogen) atoms. The van der Waals surface area contributed by atoms with Crippen LogP contribution >= 0.6 is 90.7 Å². The average molecular weight is 1040 g/mol. The summed E-state index contributed by atoms with van der Waals surface area (Å²) in [5, 5.41) is 0. The lowest BCUT2D eigenvalue weighted by molar-refractivity contribution is 0.668. The van der Waals surface area contributed by atoms with E-state index in [-0.39, 0.29) is 0 Å². The van der Waals surface area contributed by atoms with Crippen molar-refractivity contribution in [1.82, 2.24) is 0 Å². The van der Waals surface area contributed by atoms with E-state index < -0.39 is 0 Å². The van der Waals surface area contributed by atoms with Crippen molar-refractivity contribution in [3.63, 3.8) is 0 Å². The molecule has 0 aliphatic rings. The highest BCUT2D eigenvalue weighted by atomic mass is 32.1. The van der Waals surface area contributed by atoms with Crippen molar-refractivity contribution in [3.05, 3.63) is 105 Å². The van der Waals surface area contributed by atoms with E-state index in [1.165, 1.54) is 194 Å². The van der Waals surface area contributed by atoms with E-state index in [2.05, 4.69) is 137 Å². The zero-order chi connectivity index (χ0) is 46.5. The van der Waals surface area contributed by atoms with Crippen LogP contribution < -0.4 is 0 Å². The number of unbranched alkanes of at least 4 members (excludes halogenated alkanes) is 12. The Morgan fingerprint density at radius 1 is 0.284 bits per heavy atom. The monoisotopic (exact) mass is 1040 g/mol. The molecule has 0 aromatic carbocycles. The average Bonchev–Trinajstić information content (AvgIpc) is 4.19. The van der Waals surface area contributed by atoms with Crippen molar-refractivity contribution in [2.24, 2.45) is 0 Å². The summed E-state index contributed by atoms with van der Waals surface area (Å²) in [7, 11) is 0. The lowest BCUT2D eigenvalue weighted by Gasteiger charge is -2.02. The number of rotatable bonds is 28. The third-order valence-electron chi connectivity index (χ3n) is 13.0. The summed E-state index contributed by atoms with van der Waals surface area (Å²) in [6.45, 7) is 13.9. The molecule has 0 saturated carbocycles. The van der Waals surface area contributed by atoms with Gasteiger partial charge in [-0.05, 0) is 160 Å². The molecule has 0 fully saturated rings. The smallest absolute Gasteiger partial charge is 0.0481 e. The van der Waals surface area contributed by atoms with E-state index >= 15 is 0 Å². The van der Waals surface area contributed by atoms with Crippen molar-refractivity contribution in [2.45, 2.75) is 176 Å². The fourth-order valence-electron chi connectivity index (χ4n) is 9.24. The second kappa shape index (κ2) is 25.6. The fraction of sp³-hybridized carbons (Fsp3) is 0.458. The first-order chi connectivity index (χ1) is 32.9. The summed E-state index contributed by atoms with van der Waals surface area (Å²) in [4.78, 5) is 23.2. The normalized spacial score (nSPS) is 11.8. The maximum absolute atomic E-state index is 2.59. The molecule has 0 N–H and O–H groups in total. The Bertz CT molecular complexity index is 2720. The van der Waals surface area contributed by atoms with E-state index in [1.807, 2.05) is 68.0 Å². The van der Waals surface area contributed by atoms with E-state index in [0.717, 1.165) is 19.3 Å². The van der Waals surface area contributed by atoms with Crippen molar-refractivity contribution in [2.75, 3.05) is 0 Å².